The van der Waals surface area contributed by atoms with Gasteiger partial charge in [-0.2, -0.15) is 0 Å². The van der Waals surface area contributed by atoms with Crippen LogP contribution in [0.25, 0.3) is 0 Å². The summed E-state index contributed by atoms with van der Waals surface area (Å²) < 4.78 is 7.33. The Hall–Kier alpha value is -2.23. The number of nitrogens with one attached hydrogen (secondary N) is 1. The SMILES string of the molecule is COc1cccc(CCC(=O)NCc2cc(C)n(C)c2C)c1. The van der Waals surface area contributed by atoms with Gasteiger partial charge in [-0.05, 0) is 49.6 Å². The molecule has 0 aliphatic heterocycles. The minimum Gasteiger partial charge on any atom is -0.497 e. The number of rotatable bonds is 6. The number of nitrogens with zero attached hydrogens (tertiary/aromatic N) is 1. The van der Waals surface area contributed by atoms with Gasteiger partial charge in [0.25, 0.3) is 0 Å². The minimum absolute atomic E-state index is 0.0729. The lowest BCUT2D eigenvalue weighted by Crippen LogP contribution is -2.23. The van der Waals surface area contributed by atoms with Gasteiger partial charge in [-0.25, -0.2) is 0 Å². The van der Waals surface area contributed by atoms with E-state index in [2.05, 4.69) is 29.8 Å². The maximum absolute atomic E-state index is 12.0. The Kier molecular flexibility index (Phi) is 5.26. The molecular formula is C18H24N2O2. The van der Waals surface area contributed by atoms with Crippen molar-refractivity contribution in [1.82, 2.24) is 9.88 Å². The van der Waals surface area contributed by atoms with Gasteiger partial charge in [0, 0.05) is 31.4 Å². The van der Waals surface area contributed by atoms with E-state index >= 15 is 0 Å². The van der Waals surface area contributed by atoms with E-state index in [0.717, 1.165) is 17.7 Å². The molecule has 0 atom stereocenters. The van der Waals surface area contributed by atoms with Crippen LogP contribution in [0.1, 0.15) is 28.9 Å². The smallest absolute Gasteiger partial charge is 0.220 e. The summed E-state index contributed by atoms with van der Waals surface area (Å²) in [6.07, 6.45) is 1.20. The first kappa shape index (κ1) is 16.1. The number of amides is 1. The lowest BCUT2D eigenvalue weighted by Gasteiger charge is -2.07. The molecule has 4 nitrogen and oxygen atoms in total. The Morgan fingerprint density at radius 2 is 2.05 bits per heavy atom. The summed E-state index contributed by atoms with van der Waals surface area (Å²) in [4.78, 5) is 12.0. The maximum atomic E-state index is 12.0. The van der Waals surface area contributed by atoms with Crippen LogP contribution in [-0.2, 0) is 24.8 Å². The molecule has 0 spiro atoms. The number of methoxy groups -OCH3 is 1. The Bertz CT molecular complexity index is 659. The van der Waals surface area contributed by atoms with Gasteiger partial charge in [0.15, 0.2) is 0 Å². The highest BCUT2D eigenvalue weighted by Gasteiger charge is 2.08. The predicted molar refractivity (Wildman–Crippen MR) is 88.0 cm³/mol. The van der Waals surface area contributed by atoms with E-state index in [-0.39, 0.29) is 5.91 Å². The van der Waals surface area contributed by atoms with Crippen molar-refractivity contribution in [2.24, 2.45) is 7.05 Å². The number of ether oxygens (including phenoxy) is 1. The second kappa shape index (κ2) is 7.16. The number of aryl methyl sites for hydroxylation is 2. The van der Waals surface area contributed by atoms with E-state index in [4.69, 9.17) is 4.74 Å². The molecular weight excluding hydrogens is 276 g/mol. The highest BCUT2D eigenvalue weighted by molar-refractivity contribution is 5.76. The zero-order valence-corrected chi connectivity index (χ0v) is 13.8. The average Bonchev–Trinajstić information content (AvgIpc) is 2.78. The average molecular weight is 300 g/mol. The molecule has 1 aromatic carbocycles. The fraction of sp³-hybridized carbons (Fsp3) is 0.389. The van der Waals surface area contributed by atoms with Gasteiger partial charge in [-0.3, -0.25) is 4.79 Å². The van der Waals surface area contributed by atoms with Gasteiger partial charge < -0.3 is 14.6 Å². The third-order valence-electron chi connectivity index (χ3n) is 4.13. The molecule has 0 saturated heterocycles. The third kappa shape index (κ3) is 3.91. The highest BCUT2D eigenvalue weighted by atomic mass is 16.5. The summed E-state index contributed by atoms with van der Waals surface area (Å²) in [5, 5.41) is 3.00. The summed E-state index contributed by atoms with van der Waals surface area (Å²) in [6.45, 7) is 4.73. The molecule has 0 aliphatic carbocycles. The molecule has 0 aliphatic rings. The van der Waals surface area contributed by atoms with Crippen LogP contribution in [0.4, 0.5) is 0 Å². The number of hydrogen-bond acceptors (Lipinski definition) is 2. The van der Waals surface area contributed by atoms with Crippen molar-refractivity contribution in [2.45, 2.75) is 33.2 Å². The number of aromatic nitrogens is 1. The number of carbonyl (C=O) groups is 1. The lowest BCUT2D eigenvalue weighted by atomic mass is 10.1. The fourth-order valence-corrected chi connectivity index (χ4v) is 2.48. The van der Waals surface area contributed by atoms with E-state index < -0.39 is 0 Å². The normalized spacial score (nSPS) is 10.5. The Labute approximate surface area is 132 Å². The van der Waals surface area contributed by atoms with Gasteiger partial charge in [0.2, 0.25) is 5.91 Å². The Morgan fingerprint density at radius 1 is 1.27 bits per heavy atom. The molecule has 1 aromatic heterocycles. The van der Waals surface area contributed by atoms with E-state index in [1.807, 2.05) is 31.3 Å². The highest BCUT2D eigenvalue weighted by Crippen LogP contribution is 2.15. The van der Waals surface area contributed by atoms with Gasteiger partial charge in [-0.15, -0.1) is 0 Å². The first-order valence-electron chi connectivity index (χ1n) is 7.52. The Morgan fingerprint density at radius 3 is 2.68 bits per heavy atom. The molecule has 0 fully saturated rings. The molecule has 118 valence electrons. The summed E-state index contributed by atoms with van der Waals surface area (Å²) in [5.74, 6) is 0.900. The number of carbonyl (C=O) groups excluding carboxylic acids is 1. The molecule has 0 saturated carbocycles. The monoisotopic (exact) mass is 300 g/mol. The van der Waals surface area contributed by atoms with Crippen molar-refractivity contribution in [1.29, 1.82) is 0 Å². The minimum atomic E-state index is 0.0729. The second-order valence-corrected chi connectivity index (χ2v) is 5.58. The molecule has 22 heavy (non-hydrogen) atoms. The first-order valence-corrected chi connectivity index (χ1v) is 7.52. The zero-order valence-electron chi connectivity index (χ0n) is 13.8. The molecule has 4 heteroatoms. The molecule has 1 N–H and O–H groups in total. The van der Waals surface area contributed by atoms with Crippen molar-refractivity contribution in [3.8, 4) is 5.75 Å². The van der Waals surface area contributed by atoms with Crippen molar-refractivity contribution < 1.29 is 9.53 Å². The van der Waals surface area contributed by atoms with Gasteiger partial charge in [0.1, 0.15) is 5.75 Å². The molecule has 1 heterocycles. The lowest BCUT2D eigenvalue weighted by molar-refractivity contribution is -0.121. The van der Waals surface area contributed by atoms with Crippen LogP contribution in [0.3, 0.4) is 0 Å². The van der Waals surface area contributed by atoms with Crippen LogP contribution in [0.2, 0.25) is 0 Å². The van der Waals surface area contributed by atoms with Crippen molar-refractivity contribution >= 4 is 5.91 Å². The number of benzene rings is 1. The van der Waals surface area contributed by atoms with Crippen molar-refractivity contribution in [2.75, 3.05) is 7.11 Å². The summed E-state index contributed by atoms with van der Waals surface area (Å²) in [6, 6.07) is 9.96. The Balaban J connectivity index is 1.84. The molecule has 2 rings (SSSR count). The molecule has 0 bridgehead atoms. The predicted octanol–water partition coefficient (Wildman–Crippen LogP) is 2.90. The molecule has 0 radical (unpaired) electrons. The van der Waals surface area contributed by atoms with Crippen LogP contribution in [0.5, 0.6) is 5.75 Å². The molecule has 1 amide bonds. The zero-order chi connectivity index (χ0) is 16.1. The van der Waals surface area contributed by atoms with E-state index in [1.54, 1.807) is 7.11 Å². The first-order chi connectivity index (χ1) is 10.5. The number of hydrogen-bond donors (Lipinski definition) is 1. The largest absolute Gasteiger partial charge is 0.497 e. The van der Waals surface area contributed by atoms with Crippen LogP contribution in [0.15, 0.2) is 30.3 Å². The van der Waals surface area contributed by atoms with E-state index in [1.165, 1.54) is 17.0 Å². The van der Waals surface area contributed by atoms with Gasteiger partial charge in [-0.1, -0.05) is 12.1 Å². The van der Waals surface area contributed by atoms with Crippen LogP contribution in [0, 0.1) is 13.8 Å². The van der Waals surface area contributed by atoms with Crippen molar-refractivity contribution in [3.05, 3.63) is 52.8 Å². The quantitative estimate of drug-likeness (QED) is 0.891. The second-order valence-electron chi connectivity index (χ2n) is 5.58. The van der Waals surface area contributed by atoms with E-state index in [0.29, 0.717) is 13.0 Å². The standard InChI is InChI=1S/C18H24N2O2/c1-13-10-16(14(2)20(13)3)12-19-18(21)9-8-15-6-5-7-17(11-15)22-4/h5-7,10-11H,8-9,12H2,1-4H3,(H,19,21). The summed E-state index contributed by atoms with van der Waals surface area (Å²) >= 11 is 0. The van der Waals surface area contributed by atoms with E-state index in [9.17, 15) is 4.79 Å². The topological polar surface area (TPSA) is 43.3 Å². The summed E-state index contributed by atoms with van der Waals surface area (Å²) in [5.41, 5.74) is 4.69. The van der Waals surface area contributed by atoms with Crippen LogP contribution >= 0.6 is 0 Å². The molecule has 2 aromatic rings. The van der Waals surface area contributed by atoms with Crippen LogP contribution < -0.4 is 10.1 Å². The summed E-state index contributed by atoms with van der Waals surface area (Å²) in [7, 11) is 3.69. The van der Waals surface area contributed by atoms with Gasteiger partial charge >= 0.3 is 0 Å². The van der Waals surface area contributed by atoms with Crippen LogP contribution in [-0.4, -0.2) is 17.6 Å². The third-order valence-corrected chi connectivity index (χ3v) is 4.13. The fourth-order valence-electron chi connectivity index (χ4n) is 2.48. The van der Waals surface area contributed by atoms with Gasteiger partial charge in [0.05, 0.1) is 7.11 Å². The molecule has 0 unspecified atom stereocenters. The maximum Gasteiger partial charge on any atom is 0.220 e. The van der Waals surface area contributed by atoms with Crippen molar-refractivity contribution in [3.63, 3.8) is 0 Å².